The van der Waals surface area contributed by atoms with E-state index in [2.05, 4.69) is 17.2 Å². The molecule has 0 aromatic heterocycles. The third kappa shape index (κ3) is 4.80. The van der Waals surface area contributed by atoms with Gasteiger partial charge in [0.15, 0.2) is 5.11 Å². The van der Waals surface area contributed by atoms with Crippen LogP contribution in [0.5, 0.6) is 0 Å². The lowest BCUT2D eigenvalue weighted by Crippen LogP contribution is -2.29. The average Bonchev–Trinajstić information content (AvgIpc) is 2.38. The first-order chi connectivity index (χ1) is 9.64. The molecule has 1 aromatic rings. The molecule has 0 aliphatic heterocycles. The van der Waals surface area contributed by atoms with Crippen molar-refractivity contribution in [2.45, 2.75) is 18.7 Å². The predicted molar refractivity (Wildman–Crippen MR) is 91.1 cm³/mol. The Hall–Kier alpha value is -1.44. The van der Waals surface area contributed by atoms with E-state index in [0.717, 1.165) is 5.57 Å². The summed E-state index contributed by atoms with van der Waals surface area (Å²) in [5, 5.41) is 6.39. The summed E-state index contributed by atoms with van der Waals surface area (Å²) in [6.07, 6.45) is 0. The molecular formula is C14H21N3O2S2. The van der Waals surface area contributed by atoms with Crippen LogP contribution in [0.3, 0.4) is 0 Å². The van der Waals surface area contributed by atoms with E-state index in [1.807, 2.05) is 6.92 Å². The van der Waals surface area contributed by atoms with Crippen molar-refractivity contribution in [2.75, 3.05) is 26.0 Å². The molecule has 0 saturated heterocycles. The van der Waals surface area contributed by atoms with Gasteiger partial charge in [0.25, 0.3) is 0 Å². The summed E-state index contributed by atoms with van der Waals surface area (Å²) in [5.41, 5.74) is 2.27. The van der Waals surface area contributed by atoms with Crippen molar-refractivity contribution in [3.05, 3.63) is 35.9 Å². The van der Waals surface area contributed by atoms with Crippen LogP contribution in [0.15, 0.2) is 35.2 Å². The fraction of sp³-hybridized carbons (Fsp3) is 0.357. The minimum Gasteiger partial charge on any atom is -0.359 e. The smallest absolute Gasteiger partial charge is 0.242 e. The third-order valence-corrected chi connectivity index (χ3v) is 4.96. The maximum Gasteiger partial charge on any atom is 0.242 e. The molecule has 0 unspecified atom stereocenters. The monoisotopic (exact) mass is 327 g/mol. The summed E-state index contributed by atoms with van der Waals surface area (Å²) in [4.78, 5) is 0.264. The molecular weight excluding hydrogens is 306 g/mol. The highest BCUT2D eigenvalue weighted by Crippen LogP contribution is 2.22. The van der Waals surface area contributed by atoms with Gasteiger partial charge in [-0.2, -0.15) is 0 Å². The van der Waals surface area contributed by atoms with Gasteiger partial charge in [-0.15, -0.1) is 0 Å². The van der Waals surface area contributed by atoms with Crippen molar-refractivity contribution in [3.8, 4) is 0 Å². The van der Waals surface area contributed by atoms with Gasteiger partial charge < -0.3 is 10.6 Å². The third-order valence-electron chi connectivity index (χ3n) is 2.76. The second-order valence-corrected chi connectivity index (χ2v) is 7.56. The fourth-order valence-corrected chi connectivity index (χ4v) is 2.89. The molecule has 0 fully saturated rings. The molecule has 0 atom stereocenters. The molecule has 21 heavy (non-hydrogen) atoms. The highest BCUT2D eigenvalue weighted by atomic mass is 32.2. The molecule has 1 rings (SSSR count). The van der Waals surface area contributed by atoms with E-state index in [9.17, 15) is 8.42 Å². The van der Waals surface area contributed by atoms with E-state index < -0.39 is 10.0 Å². The number of nitrogens with zero attached hydrogens (tertiary/aromatic N) is 1. The molecule has 0 saturated carbocycles. The molecule has 7 heteroatoms. The molecule has 0 bridgehead atoms. The number of benzene rings is 1. The summed E-state index contributed by atoms with van der Waals surface area (Å²) < 4.78 is 25.7. The van der Waals surface area contributed by atoms with Crippen LogP contribution >= 0.6 is 12.2 Å². The molecule has 0 aliphatic carbocycles. The minimum atomic E-state index is -3.48. The summed E-state index contributed by atoms with van der Waals surface area (Å²) >= 11 is 5.15. The Balaban J connectivity index is 2.98. The lowest BCUT2D eigenvalue weighted by atomic mass is 10.2. The van der Waals surface area contributed by atoms with E-state index in [1.165, 1.54) is 18.4 Å². The van der Waals surface area contributed by atoms with Crippen molar-refractivity contribution < 1.29 is 8.42 Å². The van der Waals surface area contributed by atoms with Crippen molar-refractivity contribution in [1.29, 1.82) is 0 Å². The van der Waals surface area contributed by atoms with Crippen molar-refractivity contribution >= 4 is 33.0 Å². The van der Waals surface area contributed by atoms with E-state index >= 15 is 0 Å². The van der Waals surface area contributed by atoms with Gasteiger partial charge in [-0.3, -0.25) is 0 Å². The van der Waals surface area contributed by atoms with Crippen LogP contribution in [0.2, 0.25) is 0 Å². The predicted octanol–water partition coefficient (Wildman–Crippen LogP) is 2.11. The molecule has 0 aliphatic rings. The zero-order valence-corrected chi connectivity index (χ0v) is 14.4. The Bertz CT molecular complexity index is 652. The first-order valence-corrected chi connectivity index (χ1v) is 8.22. The number of hydrogen-bond acceptors (Lipinski definition) is 3. The summed E-state index contributed by atoms with van der Waals surface area (Å²) in [6.45, 7) is 8.00. The Kier molecular flexibility index (Phi) is 5.88. The molecule has 0 spiro atoms. The van der Waals surface area contributed by atoms with Crippen molar-refractivity contribution in [3.63, 3.8) is 0 Å². The Morgan fingerprint density at radius 1 is 1.38 bits per heavy atom. The van der Waals surface area contributed by atoms with Gasteiger partial charge in [-0.1, -0.05) is 18.2 Å². The standard InChI is InChI=1S/C14H21N3O2S2/c1-10(2)9-15-14(20)16-12-7-6-11(3)13(8-12)21(18,19)17(4)5/h6-8H,1,9H2,2-5H3,(H2,15,16,20). The van der Waals surface area contributed by atoms with Gasteiger partial charge in [0.2, 0.25) is 10.0 Å². The van der Waals surface area contributed by atoms with Crippen molar-refractivity contribution in [1.82, 2.24) is 9.62 Å². The van der Waals surface area contributed by atoms with Gasteiger partial charge in [0, 0.05) is 26.3 Å². The Morgan fingerprint density at radius 3 is 2.52 bits per heavy atom. The normalized spacial score (nSPS) is 11.3. The lowest BCUT2D eigenvalue weighted by Gasteiger charge is -2.16. The zero-order valence-electron chi connectivity index (χ0n) is 12.7. The summed E-state index contributed by atoms with van der Waals surface area (Å²) in [6, 6.07) is 5.12. The van der Waals surface area contributed by atoms with Gasteiger partial charge in [0.05, 0.1) is 4.90 Å². The molecule has 2 N–H and O–H groups in total. The molecule has 116 valence electrons. The number of aryl methyl sites for hydroxylation is 1. The van der Waals surface area contributed by atoms with Crippen LogP contribution in [0.1, 0.15) is 12.5 Å². The number of thiocarbonyl (C=S) groups is 1. The van der Waals surface area contributed by atoms with Gasteiger partial charge in [-0.25, -0.2) is 12.7 Å². The number of rotatable bonds is 5. The van der Waals surface area contributed by atoms with Crippen molar-refractivity contribution in [2.24, 2.45) is 0 Å². The van der Waals surface area contributed by atoms with E-state index in [0.29, 0.717) is 22.9 Å². The maximum atomic E-state index is 12.2. The fourth-order valence-electron chi connectivity index (χ4n) is 1.56. The highest BCUT2D eigenvalue weighted by molar-refractivity contribution is 7.89. The van der Waals surface area contributed by atoms with Gasteiger partial charge >= 0.3 is 0 Å². The second-order valence-electron chi connectivity index (χ2n) is 5.03. The maximum absolute atomic E-state index is 12.2. The molecule has 0 heterocycles. The van der Waals surface area contributed by atoms with Crippen LogP contribution in [0.4, 0.5) is 5.69 Å². The molecule has 1 aromatic carbocycles. The first-order valence-electron chi connectivity index (χ1n) is 6.37. The van der Waals surface area contributed by atoms with Crippen LogP contribution in [-0.4, -0.2) is 38.5 Å². The number of sulfonamides is 1. The SMILES string of the molecule is C=C(C)CNC(=S)Nc1ccc(C)c(S(=O)(=O)N(C)C)c1. The number of anilines is 1. The summed E-state index contributed by atoms with van der Waals surface area (Å²) in [7, 11) is -0.460. The largest absolute Gasteiger partial charge is 0.359 e. The Labute approximate surface area is 132 Å². The van der Waals surface area contributed by atoms with E-state index in [1.54, 1.807) is 25.1 Å². The van der Waals surface area contributed by atoms with E-state index in [-0.39, 0.29) is 4.90 Å². The second kappa shape index (κ2) is 7.02. The highest BCUT2D eigenvalue weighted by Gasteiger charge is 2.20. The van der Waals surface area contributed by atoms with Crippen LogP contribution in [0, 0.1) is 6.92 Å². The number of hydrogen-bond donors (Lipinski definition) is 2. The minimum absolute atomic E-state index is 0.264. The molecule has 5 nitrogen and oxygen atoms in total. The summed E-state index contributed by atoms with van der Waals surface area (Å²) in [5.74, 6) is 0. The van der Waals surface area contributed by atoms with Crippen LogP contribution < -0.4 is 10.6 Å². The Morgan fingerprint density at radius 2 is 2.00 bits per heavy atom. The van der Waals surface area contributed by atoms with Gasteiger partial charge in [0.1, 0.15) is 0 Å². The topological polar surface area (TPSA) is 61.4 Å². The molecule has 0 radical (unpaired) electrons. The quantitative estimate of drug-likeness (QED) is 0.641. The van der Waals surface area contributed by atoms with Gasteiger partial charge in [-0.05, 0) is 43.8 Å². The average molecular weight is 327 g/mol. The lowest BCUT2D eigenvalue weighted by molar-refractivity contribution is 0.520. The zero-order chi connectivity index (χ0) is 16.2. The number of nitrogens with one attached hydrogen (secondary N) is 2. The van der Waals surface area contributed by atoms with E-state index in [4.69, 9.17) is 12.2 Å². The van der Waals surface area contributed by atoms with Crippen LogP contribution in [0.25, 0.3) is 0 Å². The first kappa shape index (κ1) is 17.6. The van der Waals surface area contributed by atoms with Crippen LogP contribution in [-0.2, 0) is 10.0 Å². The molecule has 0 amide bonds.